The monoisotopic (exact) mass is 434 g/mol. The molecule has 168 valence electrons. The van der Waals surface area contributed by atoms with Crippen LogP contribution in [0.15, 0.2) is 48.5 Å². The second kappa shape index (κ2) is 9.96. The van der Waals surface area contributed by atoms with Crippen LogP contribution in [0.4, 0.5) is 11.4 Å². The van der Waals surface area contributed by atoms with Gasteiger partial charge in [0, 0.05) is 49.9 Å². The smallest absolute Gasteiger partial charge is 0.238 e. The molecule has 2 N–H and O–H groups in total. The van der Waals surface area contributed by atoms with E-state index in [0.29, 0.717) is 52.0 Å². The molecule has 0 saturated carbocycles. The number of nitrogens with one attached hydrogen (secondary N) is 2. The maximum atomic E-state index is 12.7. The van der Waals surface area contributed by atoms with E-state index in [4.69, 9.17) is 0 Å². The second-order valence-corrected chi connectivity index (χ2v) is 8.66. The molecular formula is C25H30N4O3. The van der Waals surface area contributed by atoms with Gasteiger partial charge in [-0.1, -0.05) is 35.9 Å². The van der Waals surface area contributed by atoms with Crippen molar-refractivity contribution in [3.05, 3.63) is 59.7 Å². The van der Waals surface area contributed by atoms with Crippen molar-refractivity contribution in [1.82, 2.24) is 9.80 Å². The van der Waals surface area contributed by atoms with Gasteiger partial charge in [0.05, 0.1) is 6.54 Å². The van der Waals surface area contributed by atoms with Gasteiger partial charge in [0.15, 0.2) is 0 Å². The van der Waals surface area contributed by atoms with E-state index in [2.05, 4.69) is 15.5 Å². The van der Waals surface area contributed by atoms with Crippen LogP contribution in [-0.2, 0) is 20.8 Å². The van der Waals surface area contributed by atoms with Crippen LogP contribution in [0, 0.1) is 12.8 Å². The number of hydrogen-bond donors (Lipinski definition) is 2. The van der Waals surface area contributed by atoms with Crippen molar-refractivity contribution in [2.24, 2.45) is 5.92 Å². The van der Waals surface area contributed by atoms with Gasteiger partial charge in [-0.05, 0) is 43.5 Å². The largest absolute Gasteiger partial charge is 0.340 e. The third-order valence-corrected chi connectivity index (χ3v) is 6.25. The van der Waals surface area contributed by atoms with Crippen LogP contribution < -0.4 is 10.6 Å². The maximum absolute atomic E-state index is 12.7. The minimum Gasteiger partial charge on any atom is -0.340 e. The molecule has 3 amide bonds. The summed E-state index contributed by atoms with van der Waals surface area (Å²) in [5.41, 5.74) is 3.95. The van der Waals surface area contributed by atoms with E-state index in [1.165, 1.54) is 0 Å². The van der Waals surface area contributed by atoms with E-state index >= 15 is 0 Å². The first-order valence-electron chi connectivity index (χ1n) is 11.2. The number of fused-ring (bicyclic) bond motifs is 1. The number of benzene rings is 2. The number of amides is 3. The molecule has 7 heteroatoms. The molecule has 4 rings (SSSR count). The first-order chi connectivity index (χ1) is 15.5. The van der Waals surface area contributed by atoms with Crippen molar-refractivity contribution < 1.29 is 14.4 Å². The van der Waals surface area contributed by atoms with Crippen molar-refractivity contribution in [3.8, 4) is 0 Å². The Kier molecular flexibility index (Phi) is 6.85. The van der Waals surface area contributed by atoms with Crippen molar-refractivity contribution in [2.45, 2.75) is 26.2 Å². The quantitative estimate of drug-likeness (QED) is 0.733. The number of para-hydroxylation sites is 1. The van der Waals surface area contributed by atoms with Crippen LogP contribution in [-0.4, -0.2) is 60.2 Å². The van der Waals surface area contributed by atoms with Gasteiger partial charge >= 0.3 is 0 Å². The van der Waals surface area contributed by atoms with E-state index in [9.17, 15) is 14.4 Å². The van der Waals surface area contributed by atoms with Crippen LogP contribution in [0.25, 0.3) is 0 Å². The minimum absolute atomic E-state index is 0.000841. The molecule has 2 heterocycles. The zero-order valence-electron chi connectivity index (χ0n) is 18.5. The summed E-state index contributed by atoms with van der Waals surface area (Å²) in [5, 5.41) is 5.87. The van der Waals surface area contributed by atoms with E-state index < -0.39 is 0 Å². The number of rotatable bonds is 6. The molecule has 1 unspecified atom stereocenters. The van der Waals surface area contributed by atoms with E-state index in [0.717, 1.165) is 22.5 Å². The van der Waals surface area contributed by atoms with Gasteiger partial charge in [0.25, 0.3) is 0 Å². The molecule has 2 aromatic rings. The molecule has 0 spiro atoms. The third-order valence-electron chi connectivity index (χ3n) is 6.25. The fourth-order valence-corrected chi connectivity index (χ4v) is 4.30. The molecule has 1 fully saturated rings. The van der Waals surface area contributed by atoms with E-state index in [1.807, 2.05) is 60.4 Å². The van der Waals surface area contributed by atoms with E-state index in [1.54, 1.807) is 0 Å². The number of carbonyl (C=O) groups excluding carboxylic acids is 3. The zero-order valence-corrected chi connectivity index (χ0v) is 18.5. The summed E-state index contributed by atoms with van der Waals surface area (Å²) >= 11 is 0. The lowest BCUT2D eigenvalue weighted by Crippen LogP contribution is -2.50. The van der Waals surface area contributed by atoms with Crippen LogP contribution in [0.1, 0.15) is 24.0 Å². The Morgan fingerprint density at radius 3 is 2.50 bits per heavy atom. The van der Waals surface area contributed by atoms with Crippen LogP contribution in [0.2, 0.25) is 0 Å². The summed E-state index contributed by atoms with van der Waals surface area (Å²) < 4.78 is 0. The number of carbonyl (C=O) groups is 3. The highest BCUT2D eigenvalue weighted by atomic mass is 16.2. The van der Waals surface area contributed by atoms with Gasteiger partial charge in [-0.15, -0.1) is 0 Å². The number of hydrogen-bond acceptors (Lipinski definition) is 4. The Hall–Kier alpha value is -3.19. The molecule has 0 radical (unpaired) electrons. The lowest BCUT2D eigenvalue weighted by atomic mass is 9.89. The lowest BCUT2D eigenvalue weighted by molar-refractivity contribution is -0.133. The van der Waals surface area contributed by atoms with Crippen molar-refractivity contribution >= 4 is 29.1 Å². The Balaban J connectivity index is 1.19. The molecule has 1 saturated heterocycles. The molecule has 1 atom stereocenters. The van der Waals surface area contributed by atoms with E-state index in [-0.39, 0.29) is 23.6 Å². The molecule has 0 aliphatic carbocycles. The van der Waals surface area contributed by atoms with Gasteiger partial charge in [-0.3, -0.25) is 19.3 Å². The Bertz CT molecular complexity index is 981. The molecule has 32 heavy (non-hydrogen) atoms. The average molecular weight is 435 g/mol. The van der Waals surface area contributed by atoms with Crippen LogP contribution in [0.5, 0.6) is 0 Å². The maximum Gasteiger partial charge on any atom is 0.238 e. The highest BCUT2D eigenvalue weighted by molar-refractivity contribution is 5.96. The van der Waals surface area contributed by atoms with Crippen molar-refractivity contribution in [1.29, 1.82) is 0 Å². The number of nitrogens with zero attached hydrogens (tertiary/aromatic N) is 2. The normalized spacial score (nSPS) is 18.6. The summed E-state index contributed by atoms with van der Waals surface area (Å²) in [4.78, 5) is 41.3. The highest BCUT2D eigenvalue weighted by Gasteiger charge is 2.28. The van der Waals surface area contributed by atoms with Gasteiger partial charge in [-0.2, -0.15) is 0 Å². The van der Waals surface area contributed by atoms with Gasteiger partial charge < -0.3 is 15.5 Å². The average Bonchev–Trinajstić information content (AvgIpc) is 2.79. The molecule has 2 aromatic carbocycles. The van der Waals surface area contributed by atoms with Gasteiger partial charge in [0.1, 0.15) is 0 Å². The fraction of sp³-hybridized carbons (Fsp3) is 0.400. The summed E-state index contributed by atoms with van der Waals surface area (Å²) in [6, 6.07) is 15.6. The van der Waals surface area contributed by atoms with Crippen molar-refractivity contribution in [3.63, 3.8) is 0 Å². The Morgan fingerprint density at radius 2 is 1.75 bits per heavy atom. The Morgan fingerprint density at radius 1 is 1.03 bits per heavy atom. The first kappa shape index (κ1) is 22.0. The molecule has 0 bridgehead atoms. The number of piperazine rings is 1. The summed E-state index contributed by atoms with van der Waals surface area (Å²) in [6.45, 7) is 4.88. The third kappa shape index (κ3) is 5.53. The first-order valence-corrected chi connectivity index (χ1v) is 11.2. The van der Waals surface area contributed by atoms with Gasteiger partial charge in [-0.25, -0.2) is 0 Å². The molecule has 7 nitrogen and oxygen atoms in total. The Labute approximate surface area is 188 Å². The minimum atomic E-state index is -0.166. The molecule has 2 aliphatic heterocycles. The lowest BCUT2D eigenvalue weighted by Gasteiger charge is -2.34. The summed E-state index contributed by atoms with van der Waals surface area (Å²) in [7, 11) is 0. The summed E-state index contributed by atoms with van der Waals surface area (Å²) in [5.74, 6) is -0.126. The summed E-state index contributed by atoms with van der Waals surface area (Å²) in [6.07, 6.45) is 1.60. The molecule has 0 aromatic heterocycles. The predicted octanol–water partition coefficient (Wildman–Crippen LogP) is 2.67. The number of anilines is 2. The SMILES string of the molecule is Cc1ccc(NC(=O)CN2CCN(C(=O)CCC3Cc4ccccc4NC3=O)CC2)cc1. The van der Waals surface area contributed by atoms with Gasteiger partial charge in [0.2, 0.25) is 17.7 Å². The topological polar surface area (TPSA) is 81.8 Å². The predicted molar refractivity (Wildman–Crippen MR) is 124 cm³/mol. The fourth-order valence-electron chi connectivity index (χ4n) is 4.30. The molecule has 2 aliphatic rings. The van der Waals surface area contributed by atoms with Crippen LogP contribution in [0.3, 0.4) is 0 Å². The number of aryl methyl sites for hydroxylation is 1. The van der Waals surface area contributed by atoms with Crippen molar-refractivity contribution in [2.75, 3.05) is 43.4 Å². The standard InChI is InChI=1S/C25H30N4O3/c1-18-6-9-21(10-7-18)26-23(30)17-28-12-14-29(15-13-28)24(31)11-8-20-16-19-4-2-3-5-22(19)27-25(20)32/h2-7,9-10,20H,8,11-17H2,1H3,(H,26,30)(H,27,32). The highest BCUT2D eigenvalue weighted by Crippen LogP contribution is 2.27. The second-order valence-electron chi connectivity index (χ2n) is 8.66. The molecular weight excluding hydrogens is 404 g/mol. The zero-order chi connectivity index (χ0) is 22.5. The van der Waals surface area contributed by atoms with Crippen LogP contribution >= 0.6 is 0 Å².